The first kappa shape index (κ1) is 9.67. The molecule has 0 aliphatic rings. The summed E-state index contributed by atoms with van der Waals surface area (Å²) in [6.07, 6.45) is 0. The Morgan fingerprint density at radius 1 is 0.556 bits per heavy atom. The molecule has 0 saturated heterocycles. The monoisotopic (exact) mass is 227 g/mol. The van der Waals surface area contributed by atoms with E-state index in [2.05, 4.69) is 60.7 Å². The van der Waals surface area contributed by atoms with Crippen molar-refractivity contribution in [3.8, 4) is 0 Å². The molecule has 0 aliphatic carbocycles. The zero-order chi connectivity index (χ0) is 11.9. The van der Waals surface area contributed by atoms with Gasteiger partial charge in [0.15, 0.2) is 0 Å². The summed E-state index contributed by atoms with van der Waals surface area (Å²) in [5.74, 6) is 0. The topological polar surface area (TPSA) is 0 Å². The molecule has 0 amide bonds. The number of fused-ring (bicyclic) bond motifs is 5. The van der Waals surface area contributed by atoms with Gasteiger partial charge in [0.05, 0.1) is 0 Å². The Bertz CT molecular complexity index is 797. The van der Waals surface area contributed by atoms with Crippen molar-refractivity contribution < 1.29 is 0 Å². The smallest absolute Gasteiger partial charge is 0.00264 e. The van der Waals surface area contributed by atoms with E-state index in [0.717, 1.165) is 0 Å². The predicted molar refractivity (Wildman–Crippen MR) is 77.8 cm³/mol. The fraction of sp³-hybridized carbons (Fsp3) is 0. The maximum Gasteiger partial charge on any atom is -0.00264 e. The molecule has 0 heteroatoms. The summed E-state index contributed by atoms with van der Waals surface area (Å²) in [7, 11) is 0. The van der Waals surface area contributed by atoms with Crippen molar-refractivity contribution in [2.75, 3.05) is 0 Å². The molecule has 0 aliphatic heterocycles. The molecule has 0 atom stereocenters. The minimum Gasteiger partial charge on any atom is -0.0616 e. The maximum absolute atomic E-state index is 3.36. The van der Waals surface area contributed by atoms with Gasteiger partial charge in [-0.25, -0.2) is 0 Å². The van der Waals surface area contributed by atoms with Crippen LogP contribution in [-0.4, -0.2) is 0 Å². The Hall–Kier alpha value is -2.34. The second-order valence-corrected chi connectivity index (χ2v) is 4.58. The molecule has 0 N–H and O–H groups in total. The molecule has 0 unspecified atom stereocenters. The van der Waals surface area contributed by atoms with Crippen molar-refractivity contribution in [2.24, 2.45) is 0 Å². The average Bonchev–Trinajstić information content (AvgIpc) is 2.46. The fourth-order valence-corrected chi connectivity index (χ4v) is 2.69. The molecule has 0 heterocycles. The predicted octanol–water partition coefficient (Wildman–Crippen LogP) is 4.95. The van der Waals surface area contributed by atoms with Crippen LogP contribution in [0.25, 0.3) is 32.3 Å². The lowest BCUT2D eigenvalue weighted by molar-refractivity contribution is 1.76. The molecule has 0 bridgehead atoms. The van der Waals surface area contributed by atoms with Crippen molar-refractivity contribution in [1.29, 1.82) is 0 Å². The third-order valence-corrected chi connectivity index (χ3v) is 3.56. The minimum absolute atomic E-state index is 1.21. The van der Waals surface area contributed by atoms with Crippen molar-refractivity contribution in [2.45, 2.75) is 0 Å². The van der Waals surface area contributed by atoms with Crippen LogP contribution in [0.2, 0.25) is 0 Å². The van der Waals surface area contributed by atoms with Crippen LogP contribution in [-0.2, 0) is 0 Å². The van der Waals surface area contributed by atoms with E-state index >= 15 is 0 Å². The van der Waals surface area contributed by atoms with Crippen LogP contribution < -0.4 is 0 Å². The highest BCUT2D eigenvalue weighted by molar-refractivity contribution is 6.16. The van der Waals surface area contributed by atoms with Gasteiger partial charge < -0.3 is 0 Å². The second-order valence-electron chi connectivity index (χ2n) is 4.58. The van der Waals surface area contributed by atoms with Gasteiger partial charge in [-0.15, -0.1) is 0 Å². The standard InChI is InChI=1S/C18H11/c1-3-7-15-13(5-1)9-11-18-16-8-4-2-6-14(16)10-12-17(15)18/h1-7,9-12H. The molecule has 4 rings (SSSR count). The molecule has 4 aromatic rings. The molecule has 0 saturated carbocycles. The first-order valence-electron chi connectivity index (χ1n) is 6.14. The Morgan fingerprint density at radius 2 is 1.33 bits per heavy atom. The Morgan fingerprint density at radius 3 is 2.33 bits per heavy atom. The lowest BCUT2D eigenvalue weighted by atomic mass is 9.97. The van der Waals surface area contributed by atoms with Gasteiger partial charge in [0, 0.05) is 0 Å². The van der Waals surface area contributed by atoms with Gasteiger partial charge in [0.2, 0.25) is 0 Å². The average molecular weight is 227 g/mol. The zero-order valence-electron chi connectivity index (χ0n) is 9.85. The lowest BCUT2D eigenvalue weighted by Gasteiger charge is -2.06. The first-order valence-corrected chi connectivity index (χ1v) is 6.14. The van der Waals surface area contributed by atoms with Crippen molar-refractivity contribution >= 4 is 32.3 Å². The quantitative estimate of drug-likeness (QED) is 0.373. The summed E-state index contributed by atoms with van der Waals surface area (Å²) in [5, 5.41) is 7.66. The van der Waals surface area contributed by atoms with Crippen molar-refractivity contribution in [3.63, 3.8) is 0 Å². The molecule has 18 heavy (non-hydrogen) atoms. The molecule has 1 radical (unpaired) electrons. The van der Waals surface area contributed by atoms with Gasteiger partial charge in [-0.2, -0.15) is 0 Å². The summed E-state index contributed by atoms with van der Waals surface area (Å²) in [6.45, 7) is 0. The summed E-state index contributed by atoms with van der Waals surface area (Å²) in [5.41, 5.74) is 0. The SMILES string of the molecule is [c]1cccc2ccc3c4ccccc4ccc3c12. The number of benzene rings is 4. The molecular formula is C18H11. The van der Waals surface area contributed by atoms with Crippen LogP contribution in [0.5, 0.6) is 0 Å². The Balaban J connectivity index is 2.31. The van der Waals surface area contributed by atoms with E-state index in [9.17, 15) is 0 Å². The van der Waals surface area contributed by atoms with E-state index in [-0.39, 0.29) is 0 Å². The summed E-state index contributed by atoms with van der Waals surface area (Å²) in [4.78, 5) is 0. The summed E-state index contributed by atoms with van der Waals surface area (Å²) in [6, 6.07) is 26.8. The molecule has 0 aromatic heterocycles. The highest BCUT2D eigenvalue weighted by Gasteiger charge is 2.03. The fourth-order valence-electron chi connectivity index (χ4n) is 2.69. The van der Waals surface area contributed by atoms with Gasteiger partial charge >= 0.3 is 0 Å². The number of hydrogen-bond donors (Lipinski definition) is 0. The van der Waals surface area contributed by atoms with Gasteiger partial charge in [-0.1, -0.05) is 66.7 Å². The first-order chi connectivity index (χ1) is 8.93. The van der Waals surface area contributed by atoms with Gasteiger partial charge in [0.25, 0.3) is 0 Å². The van der Waals surface area contributed by atoms with Crippen LogP contribution in [0.3, 0.4) is 0 Å². The van der Waals surface area contributed by atoms with Gasteiger partial charge in [-0.05, 0) is 38.4 Å². The van der Waals surface area contributed by atoms with Gasteiger partial charge in [-0.3, -0.25) is 0 Å². The highest BCUT2D eigenvalue weighted by atomic mass is 14.1. The van der Waals surface area contributed by atoms with Crippen molar-refractivity contribution in [1.82, 2.24) is 0 Å². The van der Waals surface area contributed by atoms with Crippen LogP contribution >= 0.6 is 0 Å². The molecule has 0 spiro atoms. The highest BCUT2D eigenvalue weighted by Crippen LogP contribution is 2.30. The maximum atomic E-state index is 3.36. The van der Waals surface area contributed by atoms with E-state index in [1.54, 1.807) is 0 Å². The Labute approximate surface area is 105 Å². The summed E-state index contributed by atoms with van der Waals surface area (Å²) >= 11 is 0. The molecule has 83 valence electrons. The number of rotatable bonds is 0. The van der Waals surface area contributed by atoms with E-state index in [1.807, 2.05) is 12.1 Å². The van der Waals surface area contributed by atoms with Crippen LogP contribution in [0.15, 0.2) is 66.7 Å². The molecule has 0 nitrogen and oxygen atoms in total. The van der Waals surface area contributed by atoms with Crippen LogP contribution in [0.4, 0.5) is 0 Å². The third-order valence-electron chi connectivity index (χ3n) is 3.56. The normalized spacial score (nSPS) is 11.3. The van der Waals surface area contributed by atoms with Gasteiger partial charge in [0.1, 0.15) is 0 Å². The largest absolute Gasteiger partial charge is 0.0616 e. The summed E-state index contributed by atoms with van der Waals surface area (Å²) < 4.78 is 0. The van der Waals surface area contributed by atoms with Crippen molar-refractivity contribution in [3.05, 3.63) is 72.8 Å². The molecule has 4 aromatic carbocycles. The third kappa shape index (κ3) is 1.26. The minimum atomic E-state index is 1.21. The molecular weight excluding hydrogens is 216 g/mol. The number of hydrogen-bond acceptors (Lipinski definition) is 0. The lowest BCUT2D eigenvalue weighted by Crippen LogP contribution is -1.80. The molecule has 0 fully saturated rings. The van der Waals surface area contributed by atoms with E-state index in [4.69, 9.17) is 0 Å². The van der Waals surface area contributed by atoms with E-state index in [1.165, 1.54) is 32.3 Å². The zero-order valence-corrected chi connectivity index (χ0v) is 9.85. The van der Waals surface area contributed by atoms with E-state index < -0.39 is 0 Å². The van der Waals surface area contributed by atoms with Crippen LogP contribution in [0.1, 0.15) is 0 Å². The van der Waals surface area contributed by atoms with Crippen LogP contribution in [0, 0.1) is 6.07 Å². The van der Waals surface area contributed by atoms with E-state index in [0.29, 0.717) is 0 Å². The Kier molecular flexibility index (Phi) is 1.92. The second kappa shape index (κ2) is 3.58.